The number of hydrogen-bond donors (Lipinski definition) is 1. The summed E-state index contributed by atoms with van der Waals surface area (Å²) in [5, 5.41) is 3.82. The molecule has 4 nitrogen and oxygen atoms in total. The molecule has 2 aromatic rings. The van der Waals surface area contributed by atoms with Crippen molar-refractivity contribution >= 4 is 29.1 Å². The van der Waals surface area contributed by atoms with Crippen LogP contribution in [0.4, 0.5) is 0 Å². The van der Waals surface area contributed by atoms with Gasteiger partial charge in [0, 0.05) is 6.04 Å². The lowest BCUT2D eigenvalue weighted by atomic mass is 9.95. The summed E-state index contributed by atoms with van der Waals surface area (Å²) in [6.07, 6.45) is 5.66. The Bertz CT molecular complexity index is 708. The van der Waals surface area contributed by atoms with E-state index in [-0.39, 0.29) is 18.6 Å². The summed E-state index contributed by atoms with van der Waals surface area (Å²) in [7, 11) is 0. The van der Waals surface area contributed by atoms with Crippen LogP contribution in [0, 0.1) is 0 Å². The maximum Gasteiger partial charge on any atom is 0.287 e. The number of halogens is 2. The van der Waals surface area contributed by atoms with Gasteiger partial charge in [-0.1, -0.05) is 48.5 Å². The number of benzene rings is 1. The first-order chi connectivity index (χ1) is 11.6. The zero-order valence-electron chi connectivity index (χ0n) is 13.2. The Morgan fingerprint density at radius 1 is 1.17 bits per heavy atom. The highest BCUT2D eigenvalue weighted by Gasteiger charge is 2.19. The van der Waals surface area contributed by atoms with Gasteiger partial charge in [0.15, 0.2) is 5.76 Å². The van der Waals surface area contributed by atoms with Crippen molar-refractivity contribution in [2.75, 3.05) is 0 Å². The topological polar surface area (TPSA) is 51.5 Å². The summed E-state index contributed by atoms with van der Waals surface area (Å²) in [6.45, 7) is 0.177. The normalized spacial score (nSPS) is 15.2. The minimum absolute atomic E-state index is 0.172. The van der Waals surface area contributed by atoms with Crippen molar-refractivity contribution in [3.05, 3.63) is 51.9 Å². The molecule has 1 aromatic heterocycles. The Balaban J connectivity index is 1.56. The number of hydrogen-bond acceptors (Lipinski definition) is 3. The molecule has 6 heteroatoms. The summed E-state index contributed by atoms with van der Waals surface area (Å²) in [6, 6.07) is 8.83. The van der Waals surface area contributed by atoms with Crippen LogP contribution in [-0.2, 0) is 6.61 Å². The molecule has 1 aliphatic rings. The summed E-state index contributed by atoms with van der Waals surface area (Å²) in [5.41, 5.74) is 0. The molecule has 128 valence electrons. The summed E-state index contributed by atoms with van der Waals surface area (Å²) in [5.74, 6) is 1.17. The van der Waals surface area contributed by atoms with E-state index in [1.165, 1.54) is 19.3 Å². The molecule has 1 fully saturated rings. The van der Waals surface area contributed by atoms with Gasteiger partial charge < -0.3 is 14.5 Å². The van der Waals surface area contributed by atoms with Crippen molar-refractivity contribution in [3.63, 3.8) is 0 Å². The quantitative estimate of drug-likeness (QED) is 0.786. The predicted octanol–water partition coefficient (Wildman–Crippen LogP) is 5.23. The number of nitrogens with one attached hydrogen (secondary N) is 1. The Morgan fingerprint density at radius 3 is 2.75 bits per heavy atom. The Labute approximate surface area is 151 Å². The molecule has 0 aliphatic heterocycles. The maximum absolute atomic E-state index is 12.2. The fourth-order valence-electron chi connectivity index (χ4n) is 2.83. The second-order valence-corrected chi connectivity index (χ2v) is 6.70. The average Bonchev–Trinajstić information content (AvgIpc) is 3.06. The Hall–Kier alpha value is -1.65. The Morgan fingerprint density at radius 2 is 1.96 bits per heavy atom. The first kappa shape index (κ1) is 17.2. The van der Waals surface area contributed by atoms with Gasteiger partial charge in [0.25, 0.3) is 5.91 Å². The molecule has 1 amide bonds. The first-order valence-corrected chi connectivity index (χ1v) is 8.85. The van der Waals surface area contributed by atoms with Crippen molar-refractivity contribution in [2.45, 2.75) is 44.8 Å². The maximum atomic E-state index is 12.2. The third-order valence-corrected chi connectivity index (χ3v) is 4.91. The molecule has 0 spiro atoms. The molecule has 0 atom stereocenters. The van der Waals surface area contributed by atoms with E-state index in [0.29, 0.717) is 27.3 Å². The number of amides is 1. The van der Waals surface area contributed by atoms with E-state index in [1.807, 2.05) is 0 Å². The highest BCUT2D eigenvalue weighted by molar-refractivity contribution is 6.42. The van der Waals surface area contributed by atoms with Gasteiger partial charge in [-0.3, -0.25) is 4.79 Å². The van der Waals surface area contributed by atoms with Gasteiger partial charge in [-0.15, -0.1) is 0 Å². The molecule has 0 saturated heterocycles. The van der Waals surface area contributed by atoms with Crippen LogP contribution in [0.25, 0.3) is 0 Å². The summed E-state index contributed by atoms with van der Waals surface area (Å²) in [4.78, 5) is 12.2. The second kappa shape index (κ2) is 7.95. The minimum atomic E-state index is -0.172. The second-order valence-electron chi connectivity index (χ2n) is 5.91. The number of rotatable bonds is 5. The van der Waals surface area contributed by atoms with Crippen LogP contribution in [0.1, 0.15) is 48.4 Å². The highest BCUT2D eigenvalue weighted by Crippen LogP contribution is 2.32. The number of furan rings is 1. The molecule has 1 N–H and O–H groups in total. The van der Waals surface area contributed by atoms with Crippen molar-refractivity contribution in [1.29, 1.82) is 0 Å². The van der Waals surface area contributed by atoms with Gasteiger partial charge in [0.2, 0.25) is 0 Å². The fourth-order valence-corrected chi connectivity index (χ4v) is 3.17. The molecule has 0 bridgehead atoms. The fraction of sp³-hybridized carbons (Fsp3) is 0.389. The third kappa shape index (κ3) is 4.25. The van der Waals surface area contributed by atoms with Crippen LogP contribution in [0.3, 0.4) is 0 Å². The monoisotopic (exact) mass is 367 g/mol. The standard InChI is InChI=1S/C18H19Cl2NO3/c19-14-7-4-8-15(17(14)20)23-11-13-9-10-16(24-13)18(22)21-12-5-2-1-3-6-12/h4,7-10,12H,1-3,5-6,11H2,(H,21,22). The minimum Gasteiger partial charge on any atom is -0.484 e. The lowest BCUT2D eigenvalue weighted by molar-refractivity contribution is 0.0895. The molecule has 0 unspecified atom stereocenters. The average molecular weight is 368 g/mol. The van der Waals surface area contributed by atoms with Gasteiger partial charge >= 0.3 is 0 Å². The van der Waals surface area contributed by atoms with E-state index in [9.17, 15) is 4.79 Å². The summed E-state index contributed by atoms with van der Waals surface area (Å²) >= 11 is 12.0. The van der Waals surface area contributed by atoms with Crippen LogP contribution in [0.15, 0.2) is 34.7 Å². The molecular weight excluding hydrogens is 349 g/mol. The zero-order chi connectivity index (χ0) is 16.9. The van der Waals surface area contributed by atoms with Crippen molar-refractivity contribution in [2.24, 2.45) is 0 Å². The third-order valence-electron chi connectivity index (χ3n) is 4.11. The van der Waals surface area contributed by atoms with Crippen LogP contribution in [-0.4, -0.2) is 11.9 Å². The van der Waals surface area contributed by atoms with Gasteiger partial charge in [0.05, 0.1) is 5.02 Å². The molecule has 1 aromatic carbocycles. The molecule has 1 saturated carbocycles. The van der Waals surface area contributed by atoms with E-state index in [4.69, 9.17) is 32.4 Å². The van der Waals surface area contributed by atoms with Crippen molar-refractivity contribution in [1.82, 2.24) is 5.32 Å². The number of carbonyl (C=O) groups is 1. The number of ether oxygens (including phenoxy) is 1. The molecule has 1 aliphatic carbocycles. The van der Waals surface area contributed by atoms with E-state index < -0.39 is 0 Å². The van der Waals surface area contributed by atoms with Gasteiger partial charge in [0.1, 0.15) is 23.1 Å². The van der Waals surface area contributed by atoms with E-state index in [2.05, 4.69) is 5.32 Å². The van der Waals surface area contributed by atoms with Crippen LogP contribution >= 0.6 is 23.2 Å². The van der Waals surface area contributed by atoms with E-state index in [0.717, 1.165) is 12.8 Å². The summed E-state index contributed by atoms with van der Waals surface area (Å²) < 4.78 is 11.2. The Kier molecular flexibility index (Phi) is 5.69. The van der Waals surface area contributed by atoms with Crippen LogP contribution in [0.5, 0.6) is 5.75 Å². The van der Waals surface area contributed by atoms with Crippen LogP contribution < -0.4 is 10.1 Å². The lowest BCUT2D eigenvalue weighted by Crippen LogP contribution is -2.35. The highest BCUT2D eigenvalue weighted by atomic mass is 35.5. The largest absolute Gasteiger partial charge is 0.484 e. The molecular formula is C18H19Cl2NO3. The van der Waals surface area contributed by atoms with Gasteiger partial charge in [-0.2, -0.15) is 0 Å². The van der Waals surface area contributed by atoms with Crippen LogP contribution in [0.2, 0.25) is 10.0 Å². The molecule has 0 radical (unpaired) electrons. The number of carbonyl (C=O) groups excluding carboxylic acids is 1. The van der Waals surface area contributed by atoms with E-state index in [1.54, 1.807) is 30.3 Å². The van der Waals surface area contributed by atoms with Crippen molar-refractivity contribution in [3.8, 4) is 5.75 Å². The zero-order valence-corrected chi connectivity index (χ0v) is 14.7. The van der Waals surface area contributed by atoms with Gasteiger partial charge in [-0.05, 0) is 37.1 Å². The molecule has 3 rings (SSSR count). The predicted molar refractivity (Wildman–Crippen MR) is 93.8 cm³/mol. The van der Waals surface area contributed by atoms with Gasteiger partial charge in [-0.25, -0.2) is 0 Å². The lowest BCUT2D eigenvalue weighted by Gasteiger charge is -2.22. The smallest absolute Gasteiger partial charge is 0.287 e. The molecule has 1 heterocycles. The van der Waals surface area contributed by atoms with Crippen molar-refractivity contribution < 1.29 is 13.9 Å². The first-order valence-electron chi connectivity index (χ1n) is 8.10. The molecule has 24 heavy (non-hydrogen) atoms. The SMILES string of the molecule is O=C(NC1CCCCC1)c1ccc(COc2cccc(Cl)c2Cl)o1. The van der Waals surface area contributed by atoms with E-state index >= 15 is 0 Å².